The Morgan fingerprint density at radius 2 is 1.79 bits per heavy atom. The van der Waals surface area contributed by atoms with Gasteiger partial charge in [0.1, 0.15) is 5.82 Å². The fourth-order valence-electron chi connectivity index (χ4n) is 2.58. The van der Waals surface area contributed by atoms with Crippen molar-refractivity contribution in [3.05, 3.63) is 76.9 Å². The summed E-state index contributed by atoms with van der Waals surface area (Å²) < 4.78 is 32.3. The molecule has 0 bridgehead atoms. The summed E-state index contributed by atoms with van der Waals surface area (Å²) in [6.45, 7) is 3.75. The van der Waals surface area contributed by atoms with Gasteiger partial charge in [0.05, 0.1) is 23.2 Å². The van der Waals surface area contributed by atoms with Crippen molar-refractivity contribution in [2.45, 2.75) is 13.8 Å². The van der Waals surface area contributed by atoms with Gasteiger partial charge in [-0.1, -0.05) is 0 Å². The smallest absolute Gasteiger partial charge is 0.229 e. The lowest BCUT2D eigenvalue weighted by molar-refractivity contribution is 1.16. The number of aryl methyl sites for hydroxylation is 2. The summed E-state index contributed by atoms with van der Waals surface area (Å²) >= 11 is 0. The van der Waals surface area contributed by atoms with Crippen molar-refractivity contribution in [2.24, 2.45) is 0 Å². The summed E-state index contributed by atoms with van der Waals surface area (Å²) in [5, 5.41) is 23.5. The van der Waals surface area contributed by atoms with E-state index in [2.05, 4.69) is 20.6 Å². The second-order valence-corrected chi connectivity index (χ2v) is 5.89. The van der Waals surface area contributed by atoms with E-state index in [9.17, 15) is 0 Å². The van der Waals surface area contributed by atoms with Gasteiger partial charge in [0.2, 0.25) is 5.95 Å². The molecule has 0 atom stereocenters. The Balaban J connectivity index is 1.98. The van der Waals surface area contributed by atoms with E-state index < -0.39 is 0 Å². The normalized spacial score (nSPS) is 12.3. The van der Waals surface area contributed by atoms with Crippen molar-refractivity contribution in [3.8, 4) is 12.1 Å². The minimum Gasteiger partial charge on any atom is -0.340 e. The minimum absolute atomic E-state index is 0.0518. The van der Waals surface area contributed by atoms with Gasteiger partial charge in [-0.15, -0.1) is 0 Å². The lowest BCUT2D eigenvalue weighted by Crippen LogP contribution is -2.02. The molecule has 0 aliphatic carbocycles. The van der Waals surface area contributed by atoms with Crippen LogP contribution in [0.5, 0.6) is 0 Å². The van der Waals surface area contributed by atoms with Crippen molar-refractivity contribution in [3.63, 3.8) is 0 Å². The molecule has 6 nitrogen and oxygen atoms in total. The monoisotopic (exact) mass is 370 g/mol. The molecule has 0 radical (unpaired) electrons. The van der Waals surface area contributed by atoms with Crippen molar-refractivity contribution < 1.29 is 5.48 Å². The lowest BCUT2D eigenvalue weighted by Gasteiger charge is -2.14. The molecule has 0 unspecified atom stereocenters. The van der Waals surface area contributed by atoms with Crippen LogP contribution in [0.1, 0.15) is 27.7 Å². The van der Waals surface area contributed by atoms with Gasteiger partial charge < -0.3 is 10.6 Å². The molecule has 1 heterocycles. The zero-order chi connectivity index (χ0) is 23.4. The van der Waals surface area contributed by atoms with Crippen molar-refractivity contribution in [1.29, 1.82) is 10.5 Å². The van der Waals surface area contributed by atoms with Crippen LogP contribution in [0.3, 0.4) is 0 Å². The molecule has 0 saturated carbocycles. The van der Waals surface area contributed by atoms with Gasteiger partial charge in [0, 0.05) is 23.6 Å². The minimum atomic E-state index is -0.333. The second kappa shape index (κ2) is 8.48. The van der Waals surface area contributed by atoms with Crippen LogP contribution in [0, 0.1) is 36.5 Å². The first-order valence-electron chi connectivity index (χ1n) is 10.3. The third-order valence-corrected chi connectivity index (χ3v) is 3.81. The molecule has 0 spiro atoms. The number of allylic oxidation sites excluding steroid dienone is 1. The molecule has 1 aromatic heterocycles. The van der Waals surface area contributed by atoms with E-state index in [0.29, 0.717) is 5.69 Å². The molecular formula is C22H18N6. The van der Waals surface area contributed by atoms with Gasteiger partial charge >= 0.3 is 0 Å². The highest BCUT2D eigenvalue weighted by molar-refractivity contribution is 5.69. The van der Waals surface area contributed by atoms with Crippen molar-refractivity contribution >= 4 is 29.2 Å². The molecule has 0 saturated heterocycles. The summed E-state index contributed by atoms with van der Waals surface area (Å²) in [5.41, 5.74) is 3.56. The number of benzene rings is 2. The van der Waals surface area contributed by atoms with Crippen molar-refractivity contribution in [1.82, 2.24) is 9.97 Å². The summed E-state index contributed by atoms with van der Waals surface area (Å²) in [5.74, 6) is 0.0369. The highest BCUT2D eigenvalue weighted by Gasteiger charge is 2.07. The number of hydrogen-bond donors (Lipinski definition) is 2. The van der Waals surface area contributed by atoms with E-state index >= 15 is 0 Å². The second-order valence-electron chi connectivity index (χ2n) is 5.89. The summed E-state index contributed by atoms with van der Waals surface area (Å²) in [6.07, 6.45) is 2.76. The predicted octanol–water partition coefficient (Wildman–Crippen LogP) is 4.99. The first-order chi connectivity index (χ1) is 15.2. The number of hydrogen-bond acceptors (Lipinski definition) is 6. The Bertz CT molecular complexity index is 1280. The number of aromatic nitrogens is 2. The molecule has 3 aromatic rings. The number of nitrogens with one attached hydrogen (secondary N) is 2. The first-order valence-corrected chi connectivity index (χ1v) is 8.31. The molecule has 0 fully saturated rings. The average molecular weight is 370 g/mol. The molecule has 28 heavy (non-hydrogen) atoms. The largest absolute Gasteiger partial charge is 0.340 e. The SMILES string of the molecule is [2H]c1cc(C#N)cc([2H])c1Nc1nc([2H])c([2H])c(Nc2c(C)cc(/C=C/C#N)cc2C)n1. The Morgan fingerprint density at radius 3 is 2.43 bits per heavy atom. The van der Waals surface area contributed by atoms with Crippen LogP contribution in [-0.2, 0) is 0 Å². The van der Waals surface area contributed by atoms with E-state index in [4.69, 9.17) is 16.0 Å². The van der Waals surface area contributed by atoms with Crippen LogP contribution in [-0.4, -0.2) is 9.97 Å². The topological polar surface area (TPSA) is 97.4 Å². The van der Waals surface area contributed by atoms with Crippen LogP contribution in [0.4, 0.5) is 23.1 Å². The number of rotatable bonds is 5. The van der Waals surface area contributed by atoms with Crippen LogP contribution >= 0.6 is 0 Å². The number of anilines is 4. The standard InChI is InChI=1S/C22H18N6/c1-15-12-18(4-3-10-23)13-16(2)21(15)27-20-9-11-25-22(28-20)26-19-7-5-17(14-24)6-8-19/h3-9,11-13H,1-2H3,(H2,25,26,27,28)/b4-3+/i7D,8D,9D,11D. The zero-order valence-corrected chi connectivity index (χ0v) is 15.3. The molecule has 0 aliphatic heterocycles. The highest BCUT2D eigenvalue weighted by atomic mass is 15.1. The van der Waals surface area contributed by atoms with Crippen LogP contribution in [0.15, 0.2) is 54.6 Å². The Labute approximate surface area is 169 Å². The maximum atomic E-state index is 8.98. The van der Waals surface area contributed by atoms with E-state index in [0.717, 1.165) is 16.7 Å². The lowest BCUT2D eigenvalue weighted by atomic mass is 10.0. The third-order valence-electron chi connectivity index (χ3n) is 3.81. The fraction of sp³-hybridized carbons (Fsp3) is 0.0909. The highest BCUT2D eigenvalue weighted by Crippen LogP contribution is 2.26. The molecule has 136 valence electrons. The van der Waals surface area contributed by atoms with Crippen LogP contribution in [0.2, 0.25) is 0 Å². The average Bonchev–Trinajstić information content (AvgIpc) is 2.74. The summed E-state index contributed by atoms with van der Waals surface area (Å²) in [7, 11) is 0. The maximum absolute atomic E-state index is 8.98. The summed E-state index contributed by atoms with van der Waals surface area (Å²) in [6, 6.07) is 9.86. The van der Waals surface area contributed by atoms with Crippen molar-refractivity contribution in [2.75, 3.05) is 10.6 Å². The Hall–Kier alpha value is -4.16. The van der Waals surface area contributed by atoms with Gasteiger partial charge in [-0.3, -0.25) is 0 Å². The molecule has 0 amide bonds. The van der Waals surface area contributed by atoms with E-state index in [1.807, 2.05) is 38.1 Å². The fourth-order valence-corrected chi connectivity index (χ4v) is 2.58. The first kappa shape index (κ1) is 14.0. The van der Waals surface area contributed by atoms with Gasteiger partial charge in [-0.25, -0.2) is 4.98 Å². The van der Waals surface area contributed by atoms with E-state index in [1.165, 1.54) is 18.2 Å². The van der Waals surface area contributed by atoms with Crippen LogP contribution < -0.4 is 10.6 Å². The molecule has 6 heteroatoms. The molecule has 2 N–H and O–H groups in total. The third kappa shape index (κ3) is 4.51. The molecule has 3 rings (SSSR count). The zero-order valence-electron chi connectivity index (χ0n) is 19.3. The van der Waals surface area contributed by atoms with Crippen LogP contribution in [0.25, 0.3) is 6.08 Å². The Kier molecular flexibility index (Phi) is 4.23. The molecule has 0 aliphatic rings. The Morgan fingerprint density at radius 1 is 1.07 bits per heavy atom. The van der Waals surface area contributed by atoms with E-state index in [1.54, 1.807) is 6.08 Å². The van der Waals surface area contributed by atoms with E-state index in [-0.39, 0.29) is 47.3 Å². The maximum Gasteiger partial charge on any atom is 0.229 e. The predicted molar refractivity (Wildman–Crippen MR) is 110 cm³/mol. The number of nitrogens with zero attached hydrogens (tertiary/aromatic N) is 4. The quantitative estimate of drug-likeness (QED) is 0.614. The van der Waals surface area contributed by atoms with Gasteiger partial charge in [0.25, 0.3) is 0 Å². The molecule has 2 aromatic carbocycles. The number of nitriles is 2. The molecular weight excluding hydrogens is 348 g/mol. The van der Waals surface area contributed by atoms with Gasteiger partial charge in [-0.05, 0) is 79.0 Å². The van der Waals surface area contributed by atoms with Gasteiger partial charge in [0.15, 0.2) is 0 Å². The van der Waals surface area contributed by atoms with Gasteiger partial charge in [-0.2, -0.15) is 15.5 Å². The summed E-state index contributed by atoms with van der Waals surface area (Å²) in [4.78, 5) is 8.21.